The first-order valence-electron chi connectivity index (χ1n) is 6.65. The van der Waals surface area contributed by atoms with Crippen LogP contribution in [0, 0.1) is 0 Å². The number of aromatic nitrogens is 2. The Bertz CT molecular complexity index is 618. The van der Waals surface area contributed by atoms with Crippen molar-refractivity contribution in [3.8, 4) is 0 Å². The highest BCUT2D eigenvalue weighted by Gasteiger charge is 2.24. The molecule has 1 saturated heterocycles. The third-order valence-corrected chi connectivity index (χ3v) is 4.25. The first-order chi connectivity index (χ1) is 9.78. The molecule has 104 valence electrons. The molecule has 20 heavy (non-hydrogen) atoms. The number of halogens is 1. The van der Waals surface area contributed by atoms with Gasteiger partial charge in [-0.1, -0.05) is 34.1 Å². The lowest BCUT2D eigenvalue weighted by molar-refractivity contribution is 0.103. The average molecular weight is 335 g/mol. The van der Waals surface area contributed by atoms with Crippen LogP contribution in [0.15, 0.2) is 34.9 Å². The zero-order valence-electron chi connectivity index (χ0n) is 11.0. The Balaban J connectivity index is 1.87. The van der Waals surface area contributed by atoms with Crippen LogP contribution in [0.4, 0.5) is 0 Å². The summed E-state index contributed by atoms with van der Waals surface area (Å²) in [6.07, 6.45) is 4.59. The van der Waals surface area contributed by atoms with Gasteiger partial charge in [0.25, 0.3) is 0 Å². The van der Waals surface area contributed by atoms with E-state index in [-0.39, 0.29) is 6.10 Å². The molecule has 0 N–H and O–H groups in total. The molecule has 1 fully saturated rings. The molecule has 3 rings (SSSR count). The van der Waals surface area contributed by atoms with Crippen molar-refractivity contribution in [2.75, 3.05) is 6.61 Å². The van der Waals surface area contributed by atoms with Crippen LogP contribution in [0.5, 0.6) is 0 Å². The zero-order valence-corrected chi connectivity index (χ0v) is 12.5. The smallest absolute Gasteiger partial charge is 0.153 e. The number of nitrogens with zero attached hydrogens (tertiary/aromatic N) is 2. The fourth-order valence-electron chi connectivity index (χ4n) is 2.47. The van der Waals surface area contributed by atoms with Crippen LogP contribution < -0.4 is 0 Å². The summed E-state index contributed by atoms with van der Waals surface area (Å²) in [4.78, 5) is 11.2. The molecule has 0 saturated carbocycles. The fraction of sp³-hybridized carbons (Fsp3) is 0.333. The summed E-state index contributed by atoms with van der Waals surface area (Å²) in [5.74, 6) is 0. The van der Waals surface area contributed by atoms with Gasteiger partial charge in [-0.05, 0) is 24.5 Å². The minimum Gasteiger partial charge on any atom is -0.372 e. The highest BCUT2D eigenvalue weighted by atomic mass is 79.9. The molecule has 0 radical (unpaired) electrons. The largest absolute Gasteiger partial charge is 0.372 e. The lowest BCUT2D eigenvalue weighted by Gasteiger charge is -2.07. The van der Waals surface area contributed by atoms with Gasteiger partial charge in [0.1, 0.15) is 11.8 Å². The van der Waals surface area contributed by atoms with Crippen LogP contribution in [0.1, 0.15) is 40.6 Å². The second-order valence-electron chi connectivity index (χ2n) is 4.88. The molecule has 5 heteroatoms. The van der Waals surface area contributed by atoms with E-state index in [9.17, 15) is 4.79 Å². The topological polar surface area (TPSA) is 44.1 Å². The van der Waals surface area contributed by atoms with E-state index in [1.807, 2.05) is 24.3 Å². The van der Waals surface area contributed by atoms with Crippen LogP contribution >= 0.6 is 15.9 Å². The lowest BCUT2D eigenvalue weighted by atomic mass is 10.1. The molecule has 1 unspecified atom stereocenters. The Morgan fingerprint density at radius 3 is 3.00 bits per heavy atom. The van der Waals surface area contributed by atoms with E-state index in [1.165, 1.54) is 0 Å². The minimum absolute atomic E-state index is 0.0318. The van der Waals surface area contributed by atoms with E-state index in [1.54, 1.807) is 10.9 Å². The van der Waals surface area contributed by atoms with Gasteiger partial charge in [-0.3, -0.25) is 9.48 Å². The van der Waals surface area contributed by atoms with Gasteiger partial charge < -0.3 is 4.74 Å². The minimum atomic E-state index is -0.0318. The van der Waals surface area contributed by atoms with Crippen LogP contribution in [0.25, 0.3) is 0 Å². The van der Waals surface area contributed by atoms with Crippen molar-refractivity contribution in [3.63, 3.8) is 0 Å². The number of benzene rings is 1. The summed E-state index contributed by atoms with van der Waals surface area (Å²) in [6.45, 7) is 1.38. The molecule has 1 atom stereocenters. The number of carbonyl (C=O) groups is 1. The van der Waals surface area contributed by atoms with E-state index in [2.05, 4.69) is 21.0 Å². The number of aldehydes is 1. The molecule has 2 aromatic rings. The van der Waals surface area contributed by atoms with Crippen molar-refractivity contribution in [3.05, 3.63) is 51.8 Å². The molecule has 0 spiro atoms. The predicted octanol–water partition coefficient (Wildman–Crippen LogP) is 3.36. The van der Waals surface area contributed by atoms with Crippen molar-refractivity contribution in [1.82, 2.24) is 9.78 Å². The number of ether oxygens (including phenoxy) is 1. The summed E-state index contributed by atoms with van der Waals surface area (Å²) in [5, 5.41) is 4.54. The molecule has 2 heterocycles. The van der Waals surface area contributed by atoms with Crippen molar-refractivity contribution >= 4 is 22.2 Å². The molecule has 0 bridgehead atoms. The fourth-order valence-corrected chi connectivity index (χ4v) is 2.88. The Morgan fingerprint density at radius 2 is 2.30 bits per heavy atom. The maximum atomic E-state index is 11.2. The van der Waals surface area contributed by atoms with Gasteiger partial charge in [0.05, 0.1) is 12.1 Å². The number of carbonyl (C=O) groups excluding carboxylic acids is 1. The van der Waals surface area contributed by atoms with Gasteiger partial charge in [-0.25, -0.2) is 0 Å². The molecule has 1 aliphatic rings. The highest BCUT2D eigenvalue weighted by molar-refractivity contribution is 9.10. The standard InChI is InChI=1S/C15H15BrN2O2/c16-13-5-2-1-4-11(13)8-18-9-12(10-19)15(17-18)14-6-3-7-20-14/h1-2,4-5,9-10,14H,3,6-8H2. The quantitative estimate of drug-likeness (QED) is 0.805. The van der Waals surface area contributed by atoms with Gasteiger partial charge in [0, 0.05) is 17.3 Å². The van der Waals surface area contributed by atoms with E-state index >= 15 is 0 Å². The first-order valence-corrected chi connectivity index (χ1v) is 7.45. The monoisotopic (exact) mass is 334 g/mol. The summed E-state index contributed by atoms with van der Waals surface area (Å²) >= 11 is 3.53. The Labute approximate surface area is 125 Å². The molecule has 4 nitrogen and oxygen atoms in total. The molecular weight excluding hydrogens is 320 g/mol. The molecule has 1 aliphatic heterocycles. The van der Waals surface area contributed by atoms with Crippen LogP contribution in [-0.4, -0.2) is 22.7 Å². The third kappa shape index (κ3) is 2.69. The van der Waals surface area contributed by atoms with Crippen LogP contribution in [-0.2, 0) is 11.3 Å². The molecule has 1 aromatic heterocycles. The maximum absolute atomic E-state index is 11.2. The third-order valence-electron chi connectivity index (χ3n) is 3.47. The van der Waals surface area contributed by atoms with Gasteiger partial charge in [0.2, 0.25) is 0 Å². The summed E-state index contributed by atoms with van der Waals surface area (Å²) in [6, 6.07) is 8.01. The maximum Gasteiger partial charge on any atom is 0.153 e. The summed E-state index contributed by atoms with van der Waals surface area (Å²) < 4.78 is 8.47. The SMILES string of the molecule is O=Cc1cn(Cc2ccccc2Br)nc1C1CCCO1. The van der Waals surface area contributed by atoms with Crippen LogP contribution in [0.2, 0.25) is 0 Å². The zero-order chi connectivity index (χ0) is 13.9. The van der Waals surface area contributed by atoms with Crippen molar-refractivity contribution in [2.45, 2.75) is 25.5 Å². The van der Waals surface area contributed by atoms with Crippen molar-refractivity contribution in [1.29, 1.82) is 0 Å². The van der Waals surface area contributed by atoms with E-state index in [4.69, 9.17) is 4.74 Å². The van der Waals surface area contributed by atoms with E-state index in [0.29, 0.717) is 12.1 Å². The van der Waals surface area contributed by atoms with Crippen LogP contribution in [0.3, 0.4) is 0 Å². The van der Waals surface area contributed by atoms with Gasteiger partial charge in [-0.2, -0.15) is 5.10 Å². The van der Waals surface area contributed by atoms with Crippen molar-refractivity contribution < 1.29 is 9.53 Å². The lowest BCUT2D eigenvalue weighted by Crippen LogP contribution is -2.04. The number of rotatable bonds is 4. The van der Waals surface area contributed by atoms with Gasteiger partial charge >= 0.3 is 0 Å². The summed E-state index contributed by atoms with van der Waals surface area (Å²) in [5.41, 5.74) is 2.53. The highest BCUT2D eigenvalue weighted by Crippen LogP contribution is 2.29. The Kier molecular flexibility index (Phi) is 3.98. The van der Waals surface area contributed by atoms with Gasteiger partial charge in [-0.15, -0.1) is 0 Å². The summed E-state index contributed by atoms with van der Waals surface area (Å²) in [7, 11) is 0. The van der Waals surface area contributed by atoms with E-state index < -0.39 is 0 Å². The molecule has 0 aliphatic carbocycles. The number of hydrogen-bond acceptors (Lipinski definition) is 3. The Hall–Kier alpha value is -1.46. The molecular formula is C15H15BrN2O2. The Morgan fingerprint density at radius 1 is 1.45 bits per heavy atom. The molecule has 1 aromatic carbocycles. The number of hydrogen-bond donors (Lipinski definition) is 0. The second kappa shape index (κ2) is 5.89. The first kappa shape index (κ1) is 13.5. The predicted molar refractivity (Wildman–Crippen MR) is 78.8 cm³/mol. The average Bonchev–Trinajstić information content (AvgIpc) is 3.09. The normalized spacial score (nSPS) is 18.4. The second-order valence-corrected chi connectivity index (χ2v) is 5.73. The van der Waals surface area contributed by atoms with Crippen molar-refractivity contribution in [2.24, 2.45) is 0 Å². The van der Waals surface area contributed by atoms with E-state index in [0.717, 1.165) is 41.5 Å². The van der Waals surface area contributed by atoms with Gasteiger partial charge in [0.15, 0.2) is 6.29 Å². The molecule has 0 amide bonds.